The van der Waals surface area contributed by atoms with Crippen LogP contribution in [0.4, 0.5) is 0 Å². The minimum Gasteiger partial charge on any atom is -0.465 e. The topological polar surface area (TPSA) is 99.7 Å². The summed E-state index contributed by atoms with van der Waals surface area (Å²) in [5.74, 6) is 0.706. The fraction of sp³-hybridized carbons (Fsp3) is 0.217. The number of carbonyl (C=O) groups excluding carboxylic acids is 1. The molecule has 0 saturated carbocycles. The maximum absolute atomic E-state index is 13.1. The third kappa shape index (κ3) is 3.02. The standard InChI is InChI=1S/C23H18N4O4/c1-14-2-7-20-17(10-14)21(28)18-11-19(27(29)30)22-25(8-9-26(22)23(18)31-20)13-16-5-3-15(12-24)4-6-16/h2-7,10-11,23H,8-9,13H2,1H3. The minimum atomic E-state index is -0.688. The Hall–Kier alpha value is -4.12. The van der Waals surface area contributed by atoms with Crippen LogP contribution in [0.5, 0.6) is 5.75 Å². The smallest absolute Gasteiger partial charge is 0.310 e. The zero-order valence-corrected chi connectivity index (χ0v) is 16.7. The number of allylic oxidation sites excluding steroid dienone is 1. The highest BCUT2D eigenvalue weighted by atomic mass is 16.6. The first-order valence-electron chi connectivity index (χ1n) is 9.89. The molecule has 0 N–H and O–H groups in total. The van der Waals surface area contributed by atoms with E-state index in [0.29, 0.717) is 42.3 Å². The van der Waals surface area contributed by atoms with Gasteiger partial charge in [0.2, 0.25) is 6.23 Å². The molecular formula is C23H18N4O4. The average molecular weight is 414 g/mol. The van der Waals surface area contributed by atoms with Crippen LogP contribution in [0.1, 0.15) is 27.0 Å². The van der Waals surface area contributed by atoms with E-state index >= 15 is 0 Å². The molecule has 3 heterocycles. The van der Waals surface area contributed by atoms with Crippen molar-refractivity contribution in [1.82, 2.24) is 9.80 Å². The van der Waals surface area contributed by atoms with E-state index in [1.165, 1.54) is 6.08 Å². The van der Waals surface area contributed by atoms with Crippen LogP contribution in [-0.4, -0.2) is 39.8 Å². The van der Waals surface area contributed by atoms with E-state index in [9.17, 15) is 14.9 Å². The van der Waals surface area contributed by atoms with Crippen molar-refractivity contribution in [3.05, 3.63) is 98.0 Å². The van der Waals surface area contributed by atoms with Crippen molar-refractivity contribution in [2.24, 2.45) is 0 Å². The second-order valence-electron chi connectivity index (χ2n) is 7.79. The van der Waals surface area contributed by atoms with Crippen molar-refractivity contribution in [3.8, 4) is 11.8 Å². The van der Waals surface area contributed by atoms with Crippen molar-refractivity contribution in [2.45, 2.75) is 19.7 Å². The zero-order chi connectivity index (χ0) is 21.7. The minimum absolute atomic E-state index is 0.106. The van der Waals surface area contributed by atoms with Crippen LogP contribution in [0.25, 0.3) is 0 Å². The summed E-state index contributed by atoms with van der Waals surface area (Å²) in [5, 5.41) is 20.9. The molecular weight excluding hydrogens is 396 g/mol. The third-order valence-corrected chi connectivity index (χ3v) is 5.79. The largest absolute Gasteiger partial charge is 0.465 e. The number of nitriles is 1. The Morgan fingerprint density at radius 2 is 2.00 bits per heavy atom. The van der Waals surface area contributed by atoms with Crippen molar-refractivity contribution >= 4 is 5.78 Å². The lowest BCUT2D eigenvalue weighted by molar-refractivity contribution is -0.423. The first-order valence-corrected chi connectivity index (χ1v) is 9.89. The van der Waals surface area contributed by atoms with Crippen LogP contribution in [0.3, 0.4) is 0 Å². The normalized spacial score (nSPS) is 19.2. The molecule has 5 rings (SSSR count). The lowest BCUT2D eigenvalue weighted by Crippen LogP contribution is -2.46. The predicted octanol–water partition coefficient (Wildman–Crippen LogP) is 2.97. The maximum Gasteiger partial charge on any atom is 0.310 e. The Bertz CT molecular complexity index is 1220. The molecule has 1 fully saturated rings. The first-order chi connectivity index (χ1) is 15.0. The second kappa shape index (κ2) is 6.99. The van der Waals surface area contributed by atoms with Crippen LogP contribution in [0.2, 0.25) is 0 Å². The van der Waals surface area contributed by atoms with Crippen molar-refractivity contribution in [1.29, 1.82) is 5.26 Å². The fourth-order valence-electron chi connectivity index (χ4n) is 4.31. The van der Waals surface area contributed by atoms with Gasteiger partial charge in [0, 0.05) is 25.7 Å². The van der Waals surface area contributed by atoms with E-state index in [1.807, 2.05) is 30.0 Å². The summed E-state index contributed by atoms with van der Waals surface area (Å²) in [6.45, 7) is 3.40. The van der Waals surface area contributed by atoms with Gasteiger partial charge in [-0.15, -0.1) is 0 Å². The van der Waals surface area contributed by atoms with Crippen LogP contribution >= 0.6 is 0 Å². The number of hydrogen-bond donors (Lipinski definition) is 0. The van der Waals surface area contributed by atoms with Gasteiger partial charge in [0.25, 0.3) is 0 Å². The van der Waals surface area contributed by atoms with Gasteiger partial charge < -0.3 is 14.5 Å². The highest BCUT2D eigenvalue weighted by Gasteiger charge is 2.47. The number of Topliss-reactive ketones (excluding diaryl/α,β-unsaturated/α-hetero) is 1. The number of nitrogens with zero attached hydrogens (tertiary/aromatic N) is 4. The van der Waals surface area contributed by atoms with Gasteiger partial charge in [-0.3, -0.25) is 14.9 Å². The molecule has 1 atom stereocenters. The molecule has 154 valence electrons. The lowest BCUT2D eigenvalue weighted by atomic mass is 9.94. The number of ether oxygens (including phenoxy) is 1. The van der Waals surface area contributed by atoms with E-state index in [2.05, 4.69) is 6.07 Å². The lowest BCUT2D eigenvalue weighted by Gasteiger charge is -2.37. The number of carbonyl (C=O) groups is 1. The molecule has 2 aromatic carbocycles. The molecule has 0 aliphatic carbocycles. The Balaban J connectivity index is 1.54. The average Bonchev–Trinajstić information content (AvgIpc) is 3.18. The van der Waals surface area contributed by atoms with Crippen molar-refractivity contribution in [3.63, 3.8) is 0 Å². The SMILES string of the molecule is Cc1ccc2c(c1)C(=O)C1=CC([N+](=O)[O-])=C3N(Cc4ccc(C#N)cc4)CCN3C1O2. The summed E-state index contributed by atoms with van der Waals surface area (Å²) in [7, 11) is 0. The number of ketones is 1. The highest BCUT2D eigenvalue weighted by molar-refractivity contribution is 6.12. The molecule has 8 nitrogen and oxygen atoms in total. The van der Waals surface area contributed by atoms with E-state index in [1.54, 1.807) is 29.2 Å². The Morgan fingerprint density at radius 1 is 1.23 bits per heavy atom. The van der Waals surface area contributed by atoms with Gasteiger partial charge >= 0.3 is 5.70 Å². The Morgan fingerprint density at radius 3 is 2.71 bits per heavy atom. The molecule has 0 amide bonds. The summed E-state index contributed by atoms with van der Waals surface area (Å²) < 4.78 is 6.15. The van der Waals surface area contributed by atoms with Gasteiger partial charge in [0.05, 0.1) is 27.7 Å². The molecule has 8 heteroatoms. The van der Waals surface area contributed by atoms with Crippen molar-refractivity contribution < 1.29 is 14.5 Å². The van der Waals surface area contributed by atoms with Crippen molar-refractivity contribution in [2.75, 3.05) is 13.1 Å². The Kier molecular flexibility index (Phi) is 4.26. The summed E-state index contributed by atoms with van der Waals surface area (Å²) in [6.07, 6.45) is 0.675. The number of aryl methyl sites for hydroxylation is 1. The van der Waals surface area contributed by atoms with E-state index in [0.717, 1.165) is 11.1 Å². The summed E-state index contributed by atoms with van der Waals surface area (Å²) in [6, 6.07) is 14.6. The van der Waals surface area contributed by atoms with Gasteiger partial charge in [0.1, 0.15) is 5.75 Å². The summed E-state index contributed by atoms with van der Waals surface area (Å²) >= 11 is 0. The molecule has 0 spiro atoms. The molecule has 3 aliphatic heterocycles. The summed E-state index contributed by atoms with van der Waals surface area (Å²) in [5.41, 5.74) is 3.03. The third-order valence-electron chi connectivity index (χ3n) is 5.79. The monoisotopic (exact) mass is 414 g/mol. The highest BCUT2D eigenvalue weighted by Crippen LogP contribution is 2.40. The van der Waals surface area contributed by atoms with Gasteiger partial charge in [0.15, 0.2) is 11.6 Å². The zero-order valence-electron chi connectivity index (χ0n) is 16.7. The first kappa shape index (κ1) is 18.9. The quantitative estimate of drug-likeness (QED) is 0.562. The van der Waals surface area contributed by atoms with Crippen LogP contribution < -0.4 is 4.74 Å². The Labute approximate surface area is 178 Å². The molecule has 2 aromatic rings. The number of nitro groups is 1. The predicted molar refractivity (Wildman–Crippen MR) is 110 cm³/mol. The van der Waals surface area contributed by atoms with Gasteiger partial charge in [-0.05, 0) is 36.8 Å². The molecule has 3 aliphatic rings. The van der Waals surface area contributed by atoms with E-state index in [4.69, 9.17) is 10.00 Å². The number of rotatable bonds is 3. The number of benzene rings is 2. The molecule has 1 unspecified atom stereocenters. The number of hydrogen-bond acceptors (Lipinski definition) is 7. The molecule has 0 bridgehead atoms. The molecule has 1 saturated heterocycles. The van der Waals surface area contributed by atoms with Crippen LogP contribution in [-0.2, 0) is 6.54 Å². The number of fused-ring (bicyclic) bond motifs is 4. The van der Waals surface area contributed by atoms with E-state index in [-0.39, 0.29) is 17.1 Å². The van der Waals surface area contributed by atoms with E-state index < -0.39 is 11.2 Å². The van der Waals surface area contributed by atoms with Crippen LogP contribution in [0, 0.1) is 28.4 Å². The van der Waals surface area contributed by atoms with Crippen LogP contribution in [0.15, 0.2) is 65.6 Å². The molecule has 31 heavy (non-hydrogen) atoms. The van der Waals surface area contributed by atoms with Gasteiger partial charge in [-0.1, -0.05) is 23.8 Å². The molecule has 0 aromatic heterocycles. The second-order valence-corrected chi connectivity index (χ2v) is 7.79. The maximum atomic E-state index is 13.1. The fourth-order valence-corrected chi connectivity index (χ4v) is 4.31. The summed E-state index contributed by atoms with van der Waals surface area (Å²) in [4.78, 5) is 28.3. The molecule has 0 radical (unpaired) electrons. The van der Waals surface area contributed by atoms with Gasteiger partial charge in [-0.2, -0.15) is 5.26 Å². The van der Waals surface area contributed by atoms with Gasteiger partial charge in [-0.25, -0.2) is 0 Å².